The Hall–Kier alpha value is -3.15. The van der Waals surface area contributed by atoms with Crippen molar-refractivity contribution in [1.82, 2.24) is 4.90 Å². The molecule has 1 unspecified atom stereocenters. The first-order valence-electron chi connectivity index (χ1n) is 10.6. The van der Waals surface area contributed by atoms with Gasteiger partial charge in [0.25, 0.3) is 5.91 Å². The number of hydrogen-bond acceptors (Lipinski definition) is 3. The Labute approximate surface area is 202 Å². The van der Waals surface area contributed by atoms with Crippen LogP contribution in [-0.4, -0.2) is 35.2 Å². The molecule has 168 valence electrons. The molecule has 0 spiro atoms. The maximum absolute atomic E-state index is 13.3. The molecular weight excluding hydrogens is 459 g/mol. The zero-order valence-electron chi connectivity index (χ0n) is 17.8. The van der Waals surface area contributed by atoms with Gasteiger partial charge in [-0.15, -0.1) is 0 Å². The maximum Gasteiger partial charge on any atom is 0.257 e. The second kappa shape index (κ2) is 10.2. The van der Waals surface area contributed by atoms with Crippen LogP contribution < -0.4 is 4.90 Å². The maximum atomic E-state index is 13.3. The van der Waals surface area contributed by atoms with Crippen molar-refractivity contribution in [2.45, 2.75) is 25.3 Å². The lowest BCUT2D eigenvalue weighted by atomic mass is 10.1. The molecule has 5 nitrogen and oxygen atoms in total. The predicted octanol–water partition coefficient (Wildman–Crippen LogP) is 4.94. The molecule has 4 rings (SSSR count). The number of imide groups is 1. The summed E-state index contributed by atoms with van der Waals surface area (Å²) in [7, 11) is 0. The van der Waals surface area contributed by atoms with E-state index in [2.05, 4.69) is 0 Å². The monoisotopic (exact) mass is 480 g/mol. The fourth-order valence-electron chi connectivity index (χ4n) is 3.99. The van der Waals surface area contributed by atoms with Gasteiger partial charge in [0.2, 0.25) is 11.8 Å². The number of benzene rings is 3. The van der Waals surface area contributed by atoms with Crippen molar-refractivity contribution in [1.29, 1.82) is 0 Å². The van der Waals surface area contributed by atoms with Gasteiger partial charge in [-0.2, -0.15) is 0 Å². The molecule has 0 saturated carbocycles. The minimum absolute atomic E-state index is 0.0580. The van der Waals surface area contributed by atoms with Crippen LogP contribution in [0.5, 0.6) is 0 Å². The van der Waals surface area contributed by atoms with Crippen LogP contribution in [0.25, 0.3) is 0 Å². The normalized spacial score (nSPS) is 15.7. The van der Waals surface area contributed by atoms with Gasteiger partial charge < -0.3 is 4.90 Å². The summed E-state index contributed by atoms with van der Waals surface area (Å²) in [5.41, 5.74) is 2.25. The first-order valence-corrected chi connectivity index (χ1v) is 11.4. The van der Waals surface area contributed by atoms with Crippen molar-refractivity contribution >= 4 is 46.6 Å². The van der Waals surface area contributed by atoms with Gasteiger partial charge in [0.05, 0.1) is 18.5 Å². The number of carbonyl (C=O) groups is 3. The third-order valence-corrected chi connectivity index (χ3v) is 6.12. The van der Waals surface area contributed by atoms with Gasteiger partial charge in [0.15, 0.2) is 0 Å². The Bertz CT molecular complexity index is 1170. The van der Waals surface area contributed by atoms with E-state index >= 15 is 0 Å². The van der Waals surface area contributed by atoms with Crippen LogP contribution >= 0.6 is 23.2 Å². The molecule has 3 amide bonds. The molecule has 0 radical (unpaired) electrons. The molecule has 1 aliphatic rings. The zero-order chi connectivity index (χ0) is 23.4. The molecule has 1 atom stereocenters. The summed E-state index contributed by atoms with van der Waals surface area (Å²) in [6.07, 6.45) is 0.604. The first-order chi connectivity index (χ1) is 15.9. The first kappa shape index (κ1) is 23.0. The van der Waals surface area contributed by atoms with Crippen LogP contribution in [0.4, 0.5) is 5.69 Å². The minimum atomic E-state index is -0.858. The summed E-state index contributed by atoms with van der Waals surface area (Å²) in [5, 5.41) is 1.12. The molecule has 1 heterocycles. The van der Waals surface area contributed by atoms with E-state index < -0.39 is 11.9 Å². The minimum Gasteiger partial charge on any atom is -0.329 e. The van der Waals surface area contributed by atoms with E-state index in [0.29, 0.717) is 28.7 Å². The molecule has 1 saturated heterocycles. The van der Waals surface area contributed by atoms with Crippen molar-refractivity contribution in [3.8, 4) is 0 Å². The highest BCUT2D eigenvalue weighted by molar-refractivity contribution is 6.31. The molecule has 0 aliphatic carbocycles. The molecule has 3 aromatic rings. The Morgan fingerprint density at radius 2 is 1.58 bits per heavy atom. The van der Waals surface area contributed by atoms with Crippen LogP contribution in [-0.2, 0) is 27.2 Å². The molecule has 0 N–H and O–H groups in total. The van der Waals surface area contributed by atoms with Crippen LogP contribution in [0.1, 0.15) is 17.5 Å². The van der Waals surface area contributed by atoms with Gasteiger partial charge in [-0.05, 0) is 53.9 Å². The fourth-order valence-corrected chi connectivity index (χ4v) is 4.33. The second-order valence-electron chi connectivity index (χ2n) is 7.89. The summed E-state index contributed by atoms with van der Waals surface area (Å²) in [6, 6.07) is 22.4. The lowest BCUT2D eigenvalue weighted by molar-refractivity contribution is -0.137. The SMILES string of the molecule is O=C1CC(N(CCc2cccc(Cl)c2)C(=O)Cc2ccccc2)C(=O)N1c1ccc(Cl)cc1. The number of nitrogens with zero attached hydrogens (tertiary/aromatic N) is 2. The van der Waals surface area contributed by atoms with Crippen LogP contribution in [0, 0.1) is 0 Å². The van der Waals surface area contributed by atoms with E-state index in [4.69, 9.17) is 23.2 Å². The summed E-state index contributed by atoms with van der Waals surface area (Å²) in [4.78, 5) is 42.1. The second-order valence-corrected chi connectivity index (χ2v) is 8.77. The zero-order valence-corrected chi connectivity index (χ0v) is 19.3. The molecule has 3 aromatic carbocycles. The molecule has 33 heavy (non-hydrogen) atoms. The summed E-state index contributed by atoms with van der Waals surface area (Å²) in [5.74, 6) is -0.949. The van der Waals surface area contributed by atoms with Crippen molar-refractivity contribution in [2.24, 2.45) is 0 Å². The van der Waals surface area contributed by atoms with Crippen LogP contribution in [0.3, 0.4) is 0 Å². The predicted molar refractivity (Wildman–Crippen MR) is 129 cm³/mol. The summed E-state index contributed by atoms with van der Waals surface area (Å²) < 4.78 is 0. The average molecular weight is 481 g/mol. The van der Waals surface area contributed by atoms with Crippen molar-refractivity contribution in [3.05, 3.63) is 100 Å². The highest BCUT2D eigenvalue weighted by atomic mass is 35.5. The fraction of sp³-hybridized carbons (Fsp3) is 0.192. The lowest BCUT2D eigenvalue weighted by Gasteiger charge is -2.28. The summed E-state index contributed by atoms with van der Waals surface area (Å²) in [6.45, 7) is 0.296. The number of hydrogen-bond donors (Lipinski definition) is 0. The van der Waals surface area contributed by atoms with Gasteiger partial charge >= 0.3 is 0 Å². The van der Waals surface area contributed by atoms with E-state index in [1.165, 1.54) is 4.90 Å². The molecule has 7 heteroatoms. The Morgan fingerprint density at radius 1 is 0.879 bits per heavy atom. The van der Waals surface area contributed by atoms with E-state index in [1.54, 1.807) is 30.3 Å². The summed E-state index contributed by atoms with van der Waals surface area (Å²) >= 11 is 12.1. The van der Waals surface area contributed by atoms with E-state index in [-0.39, 0.29) is 24.7 Å². The average Bonchev–Trinajstić information content (AvgIpc) is 3.09. The largest absolute Gasteiger partial charge is 0.329 e. The van der Waals surface area contributed by atoms with Crippen molar-refractivity contribution < 1.29 is 14.4 Å². The highest BCUT2D eigenvalue weighted by Gasteiger charge is 2.44. The van der Waals surface area contributed by atoms with E-state index in [9.17, 15) is 14.4 Å². The Kier molecular flexibility index (Phi) is 7.11. The number of anilines is 1. The highest BCUT2D eigenvalue weighted by Crippen LogP contribution is 2.27. The number of halogens is 2. The van der Waals surface area contributed by atoms with E-state index in [1.807, 2.05) is 48.5 Å². The third-order valence-electron chi connectivity index (χ3n) is 5.63. The Balaban J connectivity index is 1.58. The quantitative estimate of drug-likeness (QED) is 0.450. The van der Waals surface area contributed by atoms with Crippen molar-refractivity contribution in [3.63, 3.8) is 0 Å². The molecule has 1 aliphatic heterocycles. The molecule has 0 aromatic heterocycles. The van der Waals surface area contributed by atoms with Gasteiger partial charge in [0.1, 0.15) is 6.04 Å². The lowest BCUT2D eigenvalue weighted by Crippen LogP contribution is -2.47. The standard InChI is InChI=1S/C26H22Cl2N2O3/c27-20-9-11-22(12-10-20)30-25(32)17-23(26(30)33)29(14-13-19-7-4-8-21(28)15-19)24(31)16-18-5-2-1-3-6-18/h1-12,15,23H,13-14,16-17H2. The molecule has 1 fully saturated rings. The number of carbonyl (C=O) groups excluding carboxylic acids is 3. The van der Waals surface area contributed by atoms with Crippen LogP contribution in [0.15, 0.2) is 78.9 Å². The third kappa shape index (κ3) is 5.44. The van der Waals surface area contributed by atoms with Crippen molar-refractivity contribution in [2.75, 3.05) is 11.4 Å². The topological polar surface area (TPSA) is 57.7 Å². The molecule has 0 bridgehead atoms. The smallest absolute Gasteiger partial charge is 0.257 e. The van der Waals surface area contributed by atoms with E-state index in [0.717, 1.165) is 16.0 Å². The van der Waals surface area contributed by atoms with Gasteiger partial charge in [-0.25, -0.2) is 4.90 Å². The molecular formula is C26H22Cl2N2O3. The number of rotatable bonds is 7. The van der Waals surface area contributed by atoms with Gasteiger partial charge in [-0.3, -0.25) is 14.4 Å². The van der Waals surface area contributed by atoms with Gasteiger partial charge in [-0.1, -0.05) is 65.7 Å². The van der Waals surface area contributed by atoms with Crippen LogP contribution in [0.2, 0.25) is 10.0 Å². The van der Waals surface area contributed by atoms with Gasteiger partial charge in [0, 0.05) is 16.6 Å². The number of amides is 3. The Morgan fingerprint density at radius 3 is 2.27 bits per heavy atom.